The van der Waals surface area contributed by atoms with Gasteiger partial charge in [0.2, 0.25) is 0 Å². The van der Waals surface area contributed by atoms with Gasteiger partial charge in [0.15, 0.2) is 0 Å². The van der Waals surface area contributed by atoms with Crippen LogP contribution in [-0.2, 0) is 11.3 Å². The highest BCUT2D eigenvalue weighted by molar-refractivity contribution is 5.13. The highest BCUT2D eigenvalue weighted by Crippen LogP contribution is 2.10. The normalized spacial score (nSPS) is 12.7. The van der Waals surface area contributed by atoms with Gasteiger partial charge in [0.05, 0.1) is 6.61 Å². The van der Waals surface area contributed by atoms with Crippen LogP contribution in [0, 0.1) is 5.92 Å². The lowest BCUT2D eigenvalue weighted by atomic mass is 10.0. The van der Waals surface area contributed by atoms with Crippen molar-refractivity contribution in [2.45, 2.75) is 39.7 Å². The molecule has 1 aromatic rings. The fourth-order valence-electron chi connectivity index (χ4n) is 1.69. The molecule has 0 aliphatic heterocycles. The Labute approximate surface area is 93.5 Å². The third-order valence-electron chi connectivity index (χ3n) is 2.65. The zero-order valence-electron chi connectivity index (χ0n) is 9.91. The van der Waals surface area contributed by atoms with E-state index in [1.54, 1.807) is 0 Å². The molecule has 0 bridgehead atoms. The zero-order valence-corrected chi connectivity index (χ0v) is 9.91. The zero-order chi connectivity index (χ0) is 10.9. The molecule has 1 heteroatoms. The van der Waals surface area contributed by atoms with E-state index >= 15 is 0 Å². The van der Waals surface area contributed by atoms with E-state index in [2.05, 4.69) is 38.1 Å². The van der Waals surface area contributed by atoms with Gasteiger partial charge in [0.25, 0.3) is 0 Å². The Bertz CT molecular complexity index is 243. The van der Waals surface area contributed by atoms with Gasteiger partial charge >= 0.3 is 0 Å². The van der Waals surface area contributed by atoms with Crippen molar-refractivity contribution in [3.05, 3.63) is 35.9 Å². The first-order chi connectivity index (χ1) is 7.33. The van der Waals surface area contributed by atoms with Gasteiger partial charge in [-0.3, -0.25) is 0 Å². The minimum atomic E-state index is 0.750. The molecule has 1 unspecified atom stereocenters. The first kappa shape index (κ1) is 12.3. The quantitative estimate of drug-likeness (QED) is 0.612. The van der Waals surface area contributed by atoms with Gasteiger partial charge in [-0.1, -0.05) is 57.0 Å². The maximum Gasteiger partial charge on any atom is 0.0716 e. The molecule has 15 heavy (non-hydrogen) atoms. The fraction of sp³-hybridized carbons (Fsp3) is 0.571. The minimum Gasteiger partial charge on any atom is -0.377 e. The predicted molar refractivity (Wildman–Crippen MR) is 64.8 cm³/mol. The molecule has 0 saturated carbocycles. The third kappa shape index (κ3) is 5.58. The Morgan fingerprint density at radius 2 is 1.87 bits per heavy atom. The van der Waals surface area contributed by atoms with Crippen molar-refractivity contribution < 1.29 is 4.74 Å². The average molecular weight is 206 g/mol. The molecule has 0 heterocycles. The van der Waals surface area contributed by atoms with Gasteiger partial charge in [-0.2, -0.15) is 0 Å². The van der Waals surface area contributed by atoms with Crippen molar-refractivity contribution in [3.8, 4) is 0 Å². The maximum atomic E-state index is 5.64. The SMILES string of the molecule is CCCC(C)CCOCc1ccccc1. The van der Waals surface area contributed by atoms with Crippen LogP contribution >= 0.6 is 0 Å². The van der Waals surface area contributed by atoms with E-state index in [1.807, 2.05) is 6.07 Å². The standard InChI is InChI=1S/C14H22O/c1-3-7-13(2)10-11-15-12-14-8-5-4-6-9-14/h4-6,8-9,13H,3,7,10-12H2,1-2H3. The summed E-state index contributed by atoms with van der Waals surface area (Å²) in [5.74, 6) is 0.797. The molecule has 0 aromatic heterocycles. The lowest BCUT2D eigenvalue weighted by Gasteiger charge is -2.10. The molecule has 0 fully saturated rings. The summed E-state index contributed by atoms with van der Waals surface area (Å²) in [4.78, 5) is 0. The lowest BCUT2D eigenvalue weighted by Crippen LogP contribution is -2.01. The second-order valence-electron chi connectivity index (χ2n) is 4.22. The van der Waals surface area contributed by atoms with Gasteiger partial charge < -0.3 is 4.74 Å². The first-order valence-corrected chi connectivity index (χ1v) is 5.94. The number of hydrogen-bond donors (Lipinski definition) is 0. The summed E-state index contributed by atoms with van der Waals surface area (Å²) in [5.41, 5.74) is 1.26. The van der Waals surface area contributed by atoms with Crippen molar-refractivity contribution in [2.75, 3.05) is 6.61 Å². The lowest BCUT2D eigenvalue weighted by molar-refractivity contribution is 0.108. The molecule has 0 radical (unpaired) electrons. The van der Waals surface area contributed by atoms with Gasteiger partial charge in [-0.25, -0.2) is 0 Å². The third-order valence-corrected chi connectivity index (χ3v) is 2.65. The largest absolute Gasteiger partial charge is 0.377 e. The van der Waals surface area contributed by atoms with E-state index in [9.17, 15) is 0 Å². The van der Waals surface area contributed by atoms with Crippen LogP contribution in [0.5, 0.6) is 0 Å². The molecule has 0 spiro atoms. The summed E-state index contributed by atoms with van der Waals surface area (Å²) < 4.78 is 5.64. The number of benzene rings is 1. The molecule has 1 aromatic carbocycles. The van der Waals surface area contributed by atoms with Crippen molar-refractivity contribution >= 4 is 0 Å². The van der Waals surface area contributed by atoms with E-state index in [0.717, 1.165) is 19.1 Å². The molecule has 0 amide bonds. The maximum absolute atomic E-state index is 5.64. The molecule has 0 aliphatic carbocycles. The van der Waals surface area contributed by atoms with Crippen LogP contribution in [0.15, 0.2) is 30.3 Å². The van der Waals surface area contributed by atoms with Crippen LogP contribution in [0.2, 0.25) is 0 Å². The topological polar surface area (TPSA) is 9.23 Å². The van der Waals surface area contributed by atoms with E-state index in [-0.39, 0.29) is 0 Å². The highest BCUT2D eigenvalue weighted by Gasteiger charge is 2.00. The average Bonchev–Trinajstić information content (AvgIpc) is 2.26. The van der Waals surface area contributed by atoms with E-state index in [4.69, 9.17) is 4.74 Å². The Morgan fingerprint density at radius 1 is 1.13 bits per heavy atom. The molecule has 84 valence electrons. The van der Waals surface area contributed by atoms with Crippen LogP contribution in [-0.4, -0.2) is 6.61 Å². The highest BCUT2D eigenvalue weighted by atomic mass is 16.5. The number of ether oxygens (including phenoxy) is 1. The van der Waals surface area contributed by atoms with Crippen molar-refractivity contribution in [3.63, 3.8) is 0 Å². The monoisotopic (exact) mass is 206 g/mol. The number of rotatable bonds is 7. The van der Waals surface area contributed by atoms with Crippen molar-refractivity contribution in [1.82, 2.24) is 0 Å². The predicted octanol–water partition coefficient (Wildman–Crippen LogP) is 4.03. The molecule has 1 rings (SSSR count). The molecule has 1 nitrogen and oxygen atoms in total. The summed E-state index contributed by atoms with van der Waals surface area (Å²) >= 11 is 0. The number of hydrogen-bond acceptors (Lipinski definition) is 1. The second kappa shape index (κ2) is 7.47. The second-order valence-corrected chi connectivity index (χ2v) is 4.22. The molecule has 0 aliphatic rings. The Kier molecular flexibility index (Phi) is 6.10. The van der Waals surface area contributed by atoms with Gasteiger partial charge in [0.1, 0.15) is 0 Å². The first-order valence-electron chi connectivity index (χ1n) is 5.94. The Balaban J connectivity index is 2.07. The Hall–Kier alpha value is -0.820. The van der Waals surface area contributed by atoms with Gasteiger partial charge in [0, 0.05) is 6.61 Å². The molecular formula is C14H22O. The van der Waals surface area contributed by atoms with Crippen LogP contribution in [0.4, 0.5) is 0 Å². The summed E-state index contributed by atoms with van der Waals surface area (Å²) in [7, 11) is 0. The Morgan fingerprint density at radius 3 is 2.53 bits per heavy atom. The van der Waals surface area contributed by atoms with Gasteiger partial charge in [-0.15, -0.1) is 0 Å². The summed E-state index contributed by atoms with van der Waals surface area (Å²) in [6, 6.07) is 10.4. The van der Waals surface area contributed by atoms with Crippen LogP contribution < -0.4 is 0 Å². The van der Waals surface area contributed by atoms with Crippen LogP contribution in [0.1, 0.15) is 38.7 Å². The van der Waals surface area contributed by atoms with E-state index < -0.39 is 0 Å². The van der Waals surface area contributed by atoms with E-state index in [1.165, 1.54) is 24.8 Å². The smallest absolute Gasteiger partial charge is 0.0716 e. The van der Waals surface area contributed by atoms with Crippen LogP contribution in [0.3, 0.4) is 0 Å². The molecule has 0 saturated heterocycles. The van der Waals surface area contributed by atoms with Gasteiger partial charge in [-0.05, 0) is 17.9 Å². The fourth-order valence-corrected chi connectivity index (χ4v) is 1.69. The summed E-state index contributed by atoms with van der Waals surface area (Å²) in [6.07, 6.45) is 3.77. The summed E-state index contributed by atoms with van der Waals surface area (Å²) in [5, 5.41) is 0. The molecular weight excluding hydrogens is 184 g/mol. The van der Waals surface area contributed by atoms with E-state index in [0.29, 0.717) is 0 Å². The van der Waals surface area contributed by atoms with Crippen molar-refractivity contribution in [1.29, 1.82) is 0 Å². The minimum absolute atomic E-state index is 0.750. The van der Waals surface area contributed by atoms with Crippen LogP contribution in [0.25, 0.3) is 0 Å². The van der Waals surface area contributed by atoms with Crippen molar-refractivity contribution in [2.24, 2.45) is 5.92 Å². The molecule has 0 N–H and O–H groups in total. The summed E-state index contributed by atoms with van der Waals surface area (Å²) in [6.45, 7) is 6.17. The molecule has 1 atom stereocenters.